The Kier molecular flexibility index (Phi) is 4.63. The molecule has 0 aliphatic heterocycles. The van der Waals surface area contributed by atoms with Crippen LogP contribution in [0.1, 0.15) is 0 Å². The summed E-state index contributed by atoms with van der Waals surface area (Å²) in [7, 11) is 0. The van der Waals surface area contributed by atoms with Crippen LogP contribution in [-0.2, 0) is 4.79 Å². The SMILES string of the molecule is NC(=O)C(O)CNc1ccc([N+](=O)[O-])c(I)c1. The number of nitrogens with two attached hydrogens (primary N) is 1. The molecule has 0 aromatic heterocycles. The van der Waals surface area contributed by atoms with Crippen molar-refractivity contribution in [3.8, 4) is 0 Å². The van der Waals surface area contributed by atoms with Gasteiger partial charge in [0.1, 0.15) is 6.10 Å². The van der Waals surface area contributed by atoms with Gasteiger partial charge in [0.15, 0.2) is 0 Å². The first-order valence-electron chi connectivity index (χ1n) is 4.57. The monoisotopic (exact) mass is 351 g/mol. The van der Waals surface area contributed by atoms with Gasteiger partial charge in [-0.25, -0.2) is 0 Å². The number of nitrogens with one attached hydrogen (secondary N) is 1. The molecule has 8 heteroatoms. The van der Waals surface area contributed by atoms with Gasteiger partial charge in [-0.3, -0.25) is 14.9 Å². The maximum atomic E-state index is 10.6. The molecule has 1 atom stereocenters. The number of rotatable bonds is 5. The average molecular weight is 351 g/mol. The van der Waals surface area contributed by atoms with Crippen molar-refractivity contribution in [1.29, 1.82) is 0 Å². The van der Waals surface area contributed by atoms with Crippen LogP contribution in [0.25, 0.3) is 0 Å². The van der Waals surface area contributed by atoms with E-state index in [4.69, 9.17) is 10.8 Å². The third kappa shape index (κ3) is 3.82. The van der Waals surface area contributed by atoms with Crippen LogP contribution in [-0.4, -0.2) is 28.6 Å². The lowest BCUT2D eigenvalue weighted by atomic mass is 10.2. The molecule has 1 unspecified atom stereocenters. The minimum atomic E-state index is -1.29. The lowest BCUT2D eigenvalue weighted by Gasteiger charge is -2.09. The number of nitro groups is 1. The molecule has 1 aromatic rings. The number of nitrogens with zero attached hydrogens (tertiary/aromatic N) is 1. The quantitative estimate of drug-likeness (QED) is 0.405. The Balaban J connectivity index is 2.71. The molecular formula is C9H10IN3O4. The maximum absolute atomic E-state index is 10.6. The van der Waals surface area contributed by atoms with E-state index in [2.05, 4.69) is 5.32 Å². The number of hydrogen-bond acceptors (Lipinski definition) is 5. The fourth-order valence-corrected chi connectivity index (χ4v) is 1.79. The number of hydrogen-bond donors (Lipinski definition) is 3. The van der Waals surface area contributed by atoms with Crippen LogP contribution in [0.2, 0.25) is 0 Å². The number of aliphatic hydroxyl groups is 1. The highest BCUT2D eigenvalue weighted by Gasteiger charge is 2.13. The van der Waals surface area contributed by atoms with Crippen LogP contribution in [0.4, 0.5) is 11.4 Å². The van der Waals surface area contributed by atoms with Gasteiger partial charge in [0.2, 0.25) is 5.91 Å². The van der Waals surface area contributed by atoms with E-state index >= 15 is 0 Å². The second kappa shape index (κ2) is 5.77. The third-order valence-corrected chi connectivity index (χ3v) is 2.84. The van der Waals surface area contributed by atoms with E-state index in [1.165, 1.54) is 12.1 Å². The van der Waals surface area contributed by atoms with Crippen molar-refractivity contribution in [3.05, 3.63) is 31.9 Å². The Hall–Kier alpha value is -1.42. The van der Waals surface area contributed by atoms with Crippen molar-refractivity contribution in [3.63, 3.8) is 0 Å². The molecule has 92 valence electrons. The fourth-order valence-electron chi connectivity index (χ4n) is 1.08. The van der Waals surface area contributed by atoms with Crippen molar-refractivity contribution in [1.82, 2.24) is 0 Å². The zero-order valence-corrected chi connectivity index (χ0v) is 10.7. The normalized spacial score (nSPS) is 11.9. The molecule has 0 spiro atoms. The number of carbonyl (C=O) groups excluding carboxylic acids is 1. The molecule has 0 heterocycles. The minimum Gasteiger partial charge on any atom is -0.382 e. The minimum absolute atomic E-state index is 0.00611. The van der Waals surface area contributed by atoms with Crippen molar-refractivity contribution in [2.45, 2.75) is 6.10 Å². The van der Waals surface area contributed by atoms with Crippen molar-refractivity contribution in [2.75, 3.05) is 11.9 Å². The van der Waals surface area contributed by atoms with Gasteiger partial charge < -0.3 is 16.2 Å². The second-order valence-electron chi connectivity index (χ2n) is 3.22. The molecule has 1 aromatic carbocycles. The van der Waals surface area contributed by atoms with Gasteiger partial charge in [-0.15, -0.1) is 0 Å². The Bertz CT molecular complexity index is 452. The van der Waals surface area contributed by atoms with Gasteiger partial charge in [0.25, 0.3) is 5.69 Å². The first-order valence-corrected chi connectivity index (χ1v) is 5.65. The largest absolute Gasteiger partial charge is 0.382 e. The summed E-state index contributed by atoms with van der Waals surface area (Å²) in [5.74, 6) is -0.825. The Morgan fingerprint density at radius 2 is 2.29 bits per heavy atom. The predicted molar refractivity (Wildman–Crippen MR) is 69.5 cm³/mol. The van der Waals surface area contributed by atoms with E-state index in [0.29, 0.717) is 9.26 Å². The van der Waals surface area contributed by atoms with E-state index in [1.807, 2.05) is 22.6 Å². The summed E-state index contributed by atoms with van der Waals surface area (Å²) in [4.78, 5) is 20.7. The summed E-state index contributed by atoms with van der Waals surface area (Å²) < 4.78 is 0.464. The molecule has 0 saturated carbocycles. The highest BCUT2D eigenvalue weighted by molar-refractivity contribution is 14.1. The summed E-state index contributed by atoms with van der Waals surface area (Å²) >= 11 is 1.84. The molecule has 0 saturated heterocycles. The maximum Gasteiger partial charge on any atom is 0.282 e. The van der Waals surface area contributed by atoms with Crippen LogP contribution >= 0.6 is 22.6 Å². The number of nitro benzene ring substituents is 1. The first-order chi connectivity index (χ1) is 7.91. The molecule has 4 N–H and O–H groups in total. The molecule has 0 aliphatic carbocycles. The van der Waals surface area contributed by atoms with Crippen molar-refractivity contribution >= 4 is 39.9 Å². The van der Waals surface area contributed by atoms with Crippen LogP contribution in [0.15, 0.2) is 18.2 Å². The molecule has 0 fully saturated rings. The third-order valence-electron chi connectivity index (χ3n) is 1.97. The van der Waals surface area contributed by atoms with Gasteiger partial charge in [0, 0.05) is 18.3 Å². The second-order valence-corrected chi connectivity index (χ2v) is 4.38. The van der Waals surface area contributed by atoms with E-state index in [-0.39, 0.29) is 12.2 Å². The van der Waals surface area contributed by atoms with E-state index in [0.717, 1.165) is 0 Å². The summed E-state index contributed by atoms with van der Waals surface area (Å²) in [5, 5.41) is 22.5. The lowest BCUT2D eigenvalue weighted by molar-refractivity contribution is -0.385. The molecule has 1 amide bonds. The standard InChI is InChI=1S/C9H10IN3O4/c10-6-3-5(1-2-7(6)13(16)17)12-4-8(14)9(11)15/h1-3,8,12,14H,4H2,(H2,11,15). The van der Waals surface area contributed by atoms with Gasteiger partial charge in [0.05, 0.1) is 8.49 Å². The van der Waals surface area contributed by atoms with Gasteiger partial charge in [-0.05, 0) is 34.7 Å². The summed E-state index contributed by atoms with van der Waals surface area (Å²) in [6.45, 7) is -0.0385. The lowest BCUT2D eigenvalue weighted by Crippen LogP contribution is -2.34. The van der Waals surface area contributed by atoms with E-state index in [1.54, 1.807) is 6.07 Å². The molecule has 7 nitrogen and oxygen atoms in total. The molecule has 1 rings (SSSR count). The Morgan fingerprint density at radius 1 is 1.65 bits per heavy atom. The highest BCUT2D eigenvalue weighted by Crippen LogP contribution is 2.23. The average Bonchev–Trinajstić information content (AvgIpc) is 2.25. The number of primary amides is 1. The van der Waals surface area contributed by atoms with E-state index < -0.39 is 16.9 Å². The molecular weight excluding hydrogens is 341 g/mol. The number of benzene rings is 1. The van der Waals surface area contributed by atoms with Crippen LogP contribution in [0.5, 0.6) is 0 Å². The topological polar surface area (TPSA) is 118 Å². The number of carbonyl (C=O) groups is 1. The number of aliphatic hydroxyl groups excluding tert-OH is 1. The number of anilines is 1. The van der Waals surface area contributed by atoms with Crippen LogP contribution in [0.3, 0.4) is 0 Å². The Labute approximate surface area is 110 Å². The van der Waals surface area contributed by atoms with Crippen molar-refractivity contribution in [2.24, 2.45) is 5.73 Å². The zero-order valence-electron chi connectivity index (χ0n) is 8.59. The smallest absolute Gasteiger partial charge is 0.282 e. The van der Waals surface area contributed by atoms with Gasteiger partial charge in [-0.1, -0.05) is 0 Å². The zero-order chi connectivity index (χ0) is 13.0. The van der Waals surface area contributed by atoms with E-state index in [9.17, 15) is 14.9 Å². The molecule has 0 radical (unpaired) electrons. The molecule has 17 heavy (non-hydrogen) atoms. The van der Waals surface area contributed by atoms with Crippen molar-refractivity contribution < 1.29 is 14.8 Å². The van der Waals surface area contributed by atoms with Crippen LogP contribution < -0.4 is 11.1 Å². The summed E-state index contributed by atoms with van der Waals surface area (Å²) in [5.41, 5.74) is 5.45. The predicted octanol–water partition coefficient (Wildman–Crippen LogP) is 0.457. The summed E-state index contributed by atoms with van der Waals surface area (Å²) in [6, 6.07) is 4.39. The highest BCUT2D eigenvalue weighted by atomic mass is 127. The van der Waals surface area contributed by atoms with Gasteiger partial charge in [-0.2, -0.15) is 0 Å². The molecule has 0 aliphatic rings. The van der Waals surface area contributed by atoms with Crippen LogP contribution in [0, 0.1) is 13.7 Å². The fraction of sp³-hybridized carbons (Fsp3) is 0.222. The first kappa shape index (κ1) is 13.6. The summed E-state index contributed by atoms with van der Waals surface area (Å²) in [6.07, 6.45) is -1.29. The Morgan fingerprint density at radius 3 is 2.76 bits per heavy atom. The number of amides is 1. The number of halogens is 1. The molecule has 0 bridgehead atoms. The van der Waals surface area contributed by atoms with Gasteiger partial charge >= 0.3 is 0 Å².